The monoisotopic (exact) mass is 355 g/mol. The molecular weight excluding hydrogens is 322 g/mol. The molecular formula is C20H34ClNO2. The van der Waals surface area contributed by atoms with Crippen LogP contribution in [0.15, 0.2) is 12.2 Å². The van der Waals surface area contributed by atoms with Gasteiger partial charge in [-0.3, -0.25) is 0 Å². The molecule has 4 aliphatic rings. The van der Waals surface area contributed by atoms with Gasteiger partial charge in [0, 0.05) is 6.04 Å². The molecule has 3 nitrogen and oxygen atoms in total. The van der Waals surface area contributed by atoms with Crippen LogP contribution in [-0.2, 0) is 0 Å². The largest absolute Gasteiger partial charge is 0.390 e. The molecule has 4 N–H and O–H groups in total. The number of hydrogen-bond donors (Lipinski definition) is 3. The Kier molecular flexibility index (Phi) is 4.65. The van der Waals surface area contributed by atoms with E-state index in [1.807, 2.05) is 0 Å². The number of aliphatic hydroxyl groups excluding tert-OH is 2. The summed E-state index contributed by atoms with van der Waals surface area (Å²) in [6.07, 6.45) is 6.45. The van der Waals surface area contributed by atoms with Gasteiger partial charge in [-0.15, -0.1) is 12.4 Å². The van der Waals surface area contributed by atoms with Gasteiger partial charge >= 0.3 is 0 Å². The molecule has 0 heterocycles. The van der Waals surface area contributed by atoms with Crippen LogP contribution < -0.4 is 5.73 Å². The number of rotatable bonds is 0. The number of fused-ring (bicyclic) bond motifs is 5. The van der Waals surface area contributed by atoms with E-state index in [1.165, 1.54) is 18.4 Å². The molecule has 4 fully saturated rings. The van der Waals surface area contributed by atoms with Crippen molar-refractivity contribution in [2.75, 3.05) is 0 Å². The zero-order chi connectivity index (χ0) is 16.6. The molecule has 4 aliphatic carbocycles. The SMILES string of the molecule is C=C1CCC2C3C(O)[C@H](O)C4C[C@@H](N)CC[C@]4(C)C3CC[C@]12C.Cl. The highest BCUT2D eigenvalue weighted by molar-refractivity contribution is 5.85. The number of hydrogen-bond acceptors (Lipinski definition) is 3. The molecule has 0 aromatic rings. The van der Waals surface area contributed by atoms with Gasteiger partial charge in [0.25, 0.3) is 0 Å². The predicted molar refractivity (Wildman–Crippen MR) is 98.9 cm³/mol. The van der Waals surface area contributed by atoms with Crippen LogP contribution >= 0.6 is 12.4 Å². The van der Waals surface area contributed by atoms with Crippen molar-refractivity contribution >= 4 is 12.4 Å². The molecule has 24 heavy (non-hydrogen) atoms. The first kappa shape index (κ1) is 18.7. The fraction of sp³-hybridized carbons (Fsp3) is 0.900. The minimum Gasteiger partial charge on any atom is -0.390 e. The molecule has 4 heteroatoms. The molecule has 0 aromatic carbocycles. The highest BCUT2D eigenvalue weighted by Gasteiger charge is 2.63. The van der Waals surface area contributed by atoms with E-state index in [0.717, 1.165) is 32.1 Å². The summed E-state index contributed by atoms with van der Waals surface area (Å²) in [7, 11) is 0. The van der Waals surface area contributed by atoms with Crippen molar-refractivity contribution in [2.24, 2.45) is 40.2 Å². The Bertz CT molecular complexity index is 526. The lowest BCUT2D eigenvalue weighted by Crippen LogP contribution is -2.64. The zero-order valence-corrected chi connectivity index (χ0v) is 15.9. The summed E-state index contributed by atoms with van der Waals surface area (Å²) in [6, 6.07) is 0.187. The standard InChI is InChI=1S/C20H33NO2.ClH/c1-11-4-5-13-16-14(7-9-19(11,13)2)20(3)8-6-12(21)10-15(20)17(22)18(16)23;/h12-18,22-23H,1,4-10,21H2,2-3H3;1H/t12-,13?,14?,15?,16?,17+,18?,19+,20+;/m0./s1. The maximum Gasteiger partial charge on any atom is 0.0836 e. The smallest absolute Gasteiger partial charge is 0.0836 e. The number of aliphatic hydroxyl groups is 2. The third-order valence-electron chi connectivity index (χ3n) is 8.75. The summed E-state index contributed by atoms with van der Waals surface area (Å²) < 4.78 is 0. The maximum atomic E-state index is 11.0. The van der Waals surface area contributed by atoms with E-state index in [2.05, 4.69) is 20.4 Å². The van der Waals surface area contributed by atoms with Crippen molar-refractivity contribution in [3.8, 4) is 0 Å². The van der Waals surface area contributed by atoms with E-state index in [9.17, 15) is 10.2 Å². The number of allylic oxidation sites excluding steroid dienone is 1. The minimum atomic E-state index is -0.608. The molecule has 0 saturated heterocycles. The molecule has 0 bridgehead atoms. The highest BCUT2D eigenvalue weighted by Crippen LogP contribution is 2.66. The Morgan fingerprint density at radius 2 is 1.71 bits per heavy atom. The van der Waals surface area contributed by atoms with Crippen LogP contribution in [0, 0.1) is 34.5 Å². The van der Waals surface area contributed by atoms with Crippen molar-refractivity contribution < 1.29 is 10.2 Å². The van der Waals surface area contributed by atoms with E-state index in [1.54, 1.807) is 0 Å². The van der Waals surface area contributed by atoms with Crippen LogP contribution in [0.1, 0.15) is 58.8 Å². The Hall–Kier alpha value is -0.0900. The summed E-state index contributed by atoms with van der Waals surface area (Å²) in [5.74, 6) is 1.42. The summed E-state index contributed by atoms with van der Waals surface area (Å²) in [5.41, 5.74) is 7.89. The Labute approximate surface area is 152 Å². The lowest BCUT2D eigenvalue weighted by molar-refractivity contribution is -0.210. The van der Waals surface area contributed by atoms with E-state index in [0.29, 0.717) is 11.8 Å². The van der Waals surface area contributed by atoms with E-state index >= 15 is 0 Å². The molecule has 0 aliphatic heterocycles. The Morgan fingerprint density at radius 3 is 2.42 bits per heavy atom. The molecule has 9 atom stereocenters. The van der Waals surface area contributed by atoms with Crippen LogP contribution in [0.2, 0.25) is 0 Å². The molecule has 0 spiro atoms. The van der Waals surface area contributed by atoms with Crippen LogP contribution in [0.25, 0.3) is 0 Å². The maximum absolute atomic E-state index is 11.0. The molecule has 4 rings (SSSR count). The van der Waals surface area contributed by atoms with Gasteiger partial charge in [0.15, 0.2) is 0 Å². The third-order valence-corrected chi connectivity index (χ3v) is 8.75. The highest BCUT2D eigenvalue weighted by atomic mass is 35.5. The summed E-state index contributed by atoms with van der Waals surface area (Å²) in [6.45, 7) is 9.07. The second-order valence-electron chi connectivity index (χ2n) is 9.52. The molecule has 0 aromatic heterocycles. The van der Waals surface area contributed by atoms with Crippen molar-refractivity contribution in [1.82, 2.24) is 0 Å². The molecule has 4 saturated carbocycles. The second-order valence-corrected chi connectivity index (χ2v) is 9.52. The van der Waals surface area contributed by atoms with E-state index in [4.69, 9.17) is 5.73 Å². The van der Waals surface area contributed by atoms with Crippen LogP contribution in [0.5, 0.6) is 0 Å². The van der Waals surface area contributed by atoms with Gasteiger partial charge in [0.1, 0.15) is 0 Å². The van der Waals surface area contributed by atoms with E-state index < -0.39 is 12.2 Å². The normalized spacial score (nSPS) is 56.7. The van der Waals surface area contributed by atoms with Crippen LogP contribution in [-0.4, -0.2) is 28.5 Å². The quantitative estimate of drug-likeness (QED) is 0.584. The zero-order valence-electron chi connectivity index (χ0n) is 15.1. The van der Waals surface area contributed by atoms with Crippen molar-refractivity contribution in [3.05, 3.63) is 12.2 Å². The van der Waals surface area contributed by atoms with Gasteiger partial charge in [0.05, 0.1) is 12.2 Å². The summed E-state index contributed by atoms with van der Waals surface area (Å²) >= 11 is 0. The average molecular weight is 356 g/mol. The van der Waals surface area contributed by atoms with Gasteiger partial charge in [-0.2, -0.15) is 0 Å². The second kappa shape index (κ2) is 5.97. The fourth-order valence-electron chi connectivity index (χ4n) is 7.20. The Morgan fingerprint density at radius 1 is 1.00 bits per heavy atom. The van der Waals surface area contributed by atoms with Crippen LogP contribution in [0.4, 0.5) is 0 Å². The van der Waals surface area contributed by atoms with Gasteiger partial charge in [-0.05, 0) is 79.4 Å². The van der Waals surface area contributed by atoms with Gasteiger partial charge in [-0.1, -0.05) is 26.0 Å². The lowest BCUT2D eigenvalue weighted by atomic mass is 9.43. The van der Waals surface area contributed by atoms with Crippen molar-refractivity contribution in [2.45, 2.75) is 77.0 Å². The number of nitrogens with two attached hydrogens (primary N) is 1. The average Bonchev–Trinajstić information content (AvgIpc) is 2.82. The molecule has 0 amide bonds. The predicted octanol–water partition coefficient (Wildman–Crippen LogP) is 3.28. The van der Waals surface area contributed by atoms with Crippen LogP contribution in [0.3, 0.4) is 0 Å². The molecule has 138 valence electrons. The lowest BCUT2D eigenvalue weighted by Gasteiger charge is -2.63. The first-order valence-electron chi connectivity index (χ1n) is 9.59. The third kappa shape index (κ3) is 2.27. The summed E-state index contributed by atoms with van der Waals surface area (Å²) in [5, 5.41) is 22.0. The molecule has 5 unspecified atom stereocenters. The van der Waals surface area contributed by atoms with Crippen molar-refractivity contribution in [1.29, 1.82) is 0 Å². The van der Waals surface area contributed by atoms with Gasteiger partial charge in [0.2, 0.25) is 0 Å². The van der Waals surface area contributed by atoms with Crippen molar-refractivity contribution in [3.63, 3.8) is 0 Å². The molecule has 0 radical (unpaired) electrons. The van der Waals surface area contributed by atoms with Gasteiger partial charge < -0.3 is 15.9 Å². The minimum absolute atomic E-state index is 0. The summed E-state index contributed by atoms with van der Waals surface area (Å²) in [4.78, 5) is 0. The van der Waals surface area contributed by atoms with E-state index in [-0.39, 0.29) is 41.1 Å². The first-order chi connectivity index (χ1) is 10.8. The van der Waals surface area contributed by atoms with Gasteiger partial charge in [-0.25, -0.2) is 0 Å². The topological polar surface area (TPSA) is 66.5 Å². The number of halogens is 1. The first-order valence-corrected chi connectivity index (χ1v) is 9.59. The fourth-order valence-corrected chi connectivity index (χ4v) is 7.20. The Balaban J connectivity index is 0.00000169.